The molecule has 1 N–H and O–H groups in total. The van der Waals surface area contributed by atoms with E-state index in [1.807, 2.05) is 0 Å². The second-order valence-corrected chi connectivity index (χ2v) is 5.29. The highest BCUT2D eigenvalue weighted by molar-refractivity contribution is 8.03. The maximum absolute atomic E-state index is 3.64. The maximum atomic E-state index is 3.64. The van der Waals surface area contributed by atoms with Gasteiger partial charge in [0.1, 0.15) is 0 Å². The number of thioether (sulfide) groups is 1. The van der Waals surface area contributed by atoms with E-state index in [-0.39, 0.29) is 0 Å². The minimum absolute atomic E-state index is 1.19. The first-order chi connectivity index (χ1) is 6.93. The predicted octanol–water partition coefficient (Wildman–Crippen LogP) is 3.32. The van der Waals surface area contributed by atoms with Crippen molar-refractivity contribution in [2.75, 3.05) is 5.75 Å². The van der Waals surface area contributed by atoms with Gasteiger partial charge in [0.15, 0.2) is 0 Å². The van der Waals surface area contributed by atoms with Gasteiger partial charge in [-0.3, -0.25) is 0 Å². The Morgan fingerprint density at radius 1 is 1.21 bits per heavy atom. The molecule has 3 aliphatic rings. The third-order valence-corrected chi connectivity index (χ3v) is 4.34. The van der Waals surface area contributed by atoms with E-state index in [0.717, 1.165) is 0 Å². The van der Waals surface area contributed by atoms with E-state index in [0.29, 0.717) is 0 Å². The summed E-state index contributed by atoms with van der Waals surface area (Å²) in [5.74, 6) is 1.31. The van der Waals surface area contributed by atoms with Gasteiger partial charge in [0.05, 0.1) is 0 Å². The minimum Gasteiger partial charge on any atom is -0.361 e. The fourth-order valence-electron chi connectivity index (χ4n) is 2.34. The molecule has 2 heteroatoms. The number of allylic oxidation sites excluding steroid dienone is 6. The van der Waals surface area contributed by atoms with Gasteiger partial charge in [-0.2, -0.15) is 0 Å². The molecule has 1 nitrogen and oxygen atoms in total. The zero-order chi connectivity index (χ0) is 9.38. The molecular weight excluding hydrogens is 190 g/mol. The maximum Gasteiger partial charge on any atom is 0.0248 e. The molecular formula is C12H15NS. The molecule has 0 spiro atoms. The molecule has 0 saturated carbocycles. The van der Waals surface area contributed by atoms with E-state index in [9.17, 15) is 0 Å². The highest BCUT2D eigenvalue weighted by Crippen LogP contribution is 2.39. The number of dihydropyridines is 1. The van der Waals surface area contributed by atoms with Crippen LogP contribution in [0.3, 0.4) is 0 Å². The Bertz CT molecular complexity index is 349. The van der Waals surface area contributed by atoms with Gasteiger partial charge < -0.3 is 5.32 Å². The van der Waals surface area contributed by atoms with E-state index in [4.69, 9.17) is 0 Å². The molecule has 0 unspecified atom stereocenters. The van der Waals surface area contributed by atoms with Crippen LogP contribution in [0, 0.1) is 0 Å². The van der Waals surface area contributed by atoms with Gasteiger partial charge in [0.25, 0.3) is 0 Å². The first kappa shape index (κ1) is 8.66. The fraction of sp³-hybridized carbons (Fsp3) is 0.500. The van der Waals surface area contributed by atoms with Crippen LogP contribution in [0.5, 0.6) is 0 Å². The van der Waals surface area contributed by atoms with E-state index in [1.165, 1.54) is 54.8 Å². The third kappa shape index (κ3) is 1.42. The van der Waals surface area contributed by atoms with Crippen molar-refractivity contribution in [3.8, 4) is 0 Å². The normalized spacial score (nSPS) is 25.7. The molecule has 0 amide bonds. The van der Waals surface area contributed by atoms with Crippen molar-refractivity contribution in [1.82, 2.24) is 5.32 Å². The summed E-state index contributed by atoms with van der Waals surface area (Å²) in [5, 5.41) is 3.64. The molecule has 0 radical (unpaired) electrons. The van der Waals surface area contributed by atoms with E-state index in [1.54, 1.807) is 4.91 Å². The number of nitrogens with one attached hydrogen (secondary N) is 1. The summed E-state index contributed by atoms with van der Waals surface area (Å²) in [4.78, 5) is 1.60. The Labute approximate surface area is 89.3 Å². The average molecular weight is 205 g/mol. The monoisotopic (exact) mass is 205 g/mol. The molecule has 0 aromatic carbocycles. The zero-order valence-electron chi connectivity index (χ0n) is 8.31. The number of hydrogen-bond donors (Lipinski definition) is 1. The van der Waals surface area contributed by atoms with E-state index >= 15 is 0 Å². The minimum atomic E-state index is 1.19. The second-order valence-electron chi connectivity index (χ2n) is 4.10. The molecule has 2 aliphatic heterocycles. The van der Waals surface area contributed by atoms with Crippen LogP contribution in [0.1, 0.15) is 32.1 Å². The molecule has 2 heterocycles. The van der Waals surface area contributed by atoms with Crippen LogP contribution < -0.4 is 5.32 Å². The molecule has 1 aliphatic carbocycles. The van der Waals surface area contributed by atoms with Gasteiger partial charge >= 0.3 is 0 Å². The Balaban J connectivity index is 1.88. The van der Waals surface area contributed by atoms with Crippen LogP contribution in [0.2, 0.25) is 0 Å². The van der Waals surface area contributed by atoms with Crippen molar-refractivity contribution < 1.29 is 0 Å². The molecule has 0 bridgehead atoms. The number of rotatable bonds is 0. The van der Waals surface area contributed by atoms with Crippen molar-refractivity contribution in [3.63, 3.8) is 0 Å². The molecule has 0 aromatic heterocycles. The molecule has 0 aromatic rings. The van der Waals surface area contributed by atoms with Crippen molar-refractivity contribution >= 4 is 11.8 Å². The summed E-state index contributed by atoms with van der Waals surface area (Å²) in [6.07, 6.45) is 10.8. The Hall–Kier alpha value is -0.630. The third-order valence-electron chi connectivity index (χ3n) is 3.10. The molecule has 3 rings (SSSR count). The largest absolute Gasteiger partial charge is 0.361 e. The average Bonchev–Trinajstić information content (AvgIpc) is 2.26. The van der Waals surface area contributed by atoms with Gasteiger partial charge in [-0.1, -0.05) is 12.2 Å². The molecule has 0 fully saturated rings. The standard InChI is InChI=1S/C12H15NS/c1-2-5-10-9(4-1)8-12-11(13-10)6-3-7-14-12/h1,4,13H,2-3,5-8H2. The smallest absolute Gasteiger partial charge is 0.0248 e. The highest BCUT2D eigenvalue weighted by Gasteiger charge is 2.22. The van der Waals surface area contributed by atoms with Crippen LogP contribution in [-0.2, 0) is 0 Å². The van der Waals surface area contributed by atoms with Gasteiger partial charge in [-0.15, -0.1) is 11.8 Å². The molecule has 0 saturated heterocycles. The van der Waals surface area contributed by atoms with Crippen LogP contribution in [0.25, 0.3) is 0 Å². The fourth-order valence-corrected chi connectivity index (χ4v) is 3.46. The van der Waals surface area contributed by atoms with Crippen LogP contribution >= 0.6 is 11.8 Å². The SMILES string of the molecule is C1=CC2=C(CC1)NC1=C(C2)SCCC1. The lowest BCUT2D eigenvalue weighted by Gasteiger charge is -2.30. The lowest BCUT2D eigenvalue weighted by atomic mass is 9.96. The Morgan fingerprint density at radius 3 is 3.21 bits per heavy atom. The summed E-state index contributed by atoms with van der Waals surface area (Å²) in [6, 6.07) is 0. The van der Waals surface area contributed by atoms with Gasteiger partial charge in [0.2, 0.25) is 0 Å². The van der Waals surface area contributed by atoms with Gasteiger partial charge in [0, 0.05) is 22.7 Å². The van der Waals surface area contributed by atoms with Crippen molar-refractivity contribution in [3.05, 3.63) is 34.0 Å². The van der Waals surface area contributed by atoms with Gasteiger partial charge in [-0.25, -0.2) is 0 Å². The first-order valence-electron chi connectivity index (χ1n) is 5.44. The summed E-state index contributed by atoms with van der Waals surface area (Å²) >= 11 is 2.05. The molecule has 0 atom stereocenters. The van der Waals surface area contributed by atoms with Crippen LogP contribution in [-0.4, -0.2) is 5.75 Å². The first-order valence-corrected chi connectivity index (χ1v) is 6.42. The van der Waals surface area contributed by atoms with Crippen molar-refractivity contribution in [2.45, 2.75) is 32.1 Å². The summed E-state index contributed by atoms with van der Waals surface area (Å²) < 4.78 is 0. The van der Waals surface area contributed by atoms with E-state index in [2.05, 4.69) is 29.2 Å². The number of hydrogen-bond acceptors (Lipinski definition) is 2. The second kappa shape index (κ2) is 3.50. The zero-order valence-corrected chi connectivity index (χ0v) is 9.12. The van der Waals surface area contributed by atoms with Crippen LogP contribution in [0.4, 0.5) is 0 Å². The lowest BCUT2D eigenvalue weighted by Crippen LogP contribution is -2.23. The quantitative estimate of drug-likeness (QED) is 0.651. The topological polar surface area (TPSA) is 12.0 Å². The summed E-state index contributed by atoms with van der Waals surface area (Å²) in [6.45, 7) is 0. The summed E-state index contributed by atoms with van der Waals surface area (Å²) in [5.41, 5.74) is 4.55. The molecule has 14 heavy (non-hydrogen) atoms. The molecule has 74 valence electrons. The Morgan fingerprint density at radius 2 is 2.21 bits per heavy atom. The van der Waals surface area contributed by atoms with Gasteiger partial charge in [-0.05, 0) is 37.0 Å². The van der Waals surface area contributed by atoms with Crippen molar-refractivity contribution in [2.24, 2.45) is 0 Å². The van der Waals surface area contributed by atoms with Crippen LogP contribution in [0.15, 0.2) is 34.0 Å². The summed E-state index contributed by atoms with van der Waals surface area (Å²) in [7, 11) is 0. The van der Waals surface area contributed by atoms with E-state index < -0.39 is 0 Å². The Kier molecular flexibility index (Phi) is 2.17. The van der Waals surface area contributed by atoms with Crippen molar-refractivity contribution in [1.29, 1.82) is 0 Å². The predicted molar refractivity (Wildman–Crippen MR) is 61.9 cm³/mol. The lowest BCUT2D eigenvalue weighted by molar-refractivity contribution is 0.724. The highest BCUT2D eigenvalue weighted by atomic mass is 32.2.